The van der Waals surface area contributed by atoms with E-state index in [4.69, 9.17) is 9.47 Å². The minimum Gasteiger partial charge on any atom is -0.382 e. The second-order valence-corrected chi connectivity index (χ2v) is 4.93. The molecule has 1 aliphatic rings. The first kappa shape index (κ1) is 12.5. The van der Waals surface area contributed by atoms with Crippen molar-refractivity contribution in [2.75, 3.05) is 13.7 Å². The van der Waals surface area contributed by atoms with Gasteiger partial charge in [0.1, 0.15) is 17.6 Å². The highest BCUT2D eigenvalue weighted by molar-refractivity contribution is 5.73. The van der Waals surface area contributed by atoms with E-state index in [1.165, 1.54) is 0 Å². The Balaban J connectivity index is 1.94. The number of methoxy groups -OCH3 is 1. The second-order valence-electron chi connectivity index (χ2n) is 4.93. The topological polar surface area (TPSA) is 62.1 Å². The van der Waals surface area contributed by atoms with Gasteiger partial charge in [-0.15, -0.1) is 0 Å². The fraction of sp³-hybridized carbons (Fsp3) is 0.615. The number of hydrogen-bond donors (Lipinski definition) is 0. The zero-order valence-electron chi connectivity index (χ0n) is 11.5. The maximum atomic E-state index is 5.97. The Kier molecular flexibility index (Phi) is 3.20. The van der Waals surface area contributed by atoms with Crippen molar-refractivity contribution < 1.29 is 9.47 Å². The Morgan fingerprint density at radius 3 is 3.00 bits per heavy atom. The van der Waals surface area contributed by atoms with Crippen molar-refractivity contribution in [3.05, 3.63) is 17.8 Å². The van der Waals surface area contributed by atoms with Gasteiger partial charge in [0.2, 0.25) is 0 Å². The largest absolute Gasteiger partial charge is 0.382 e. The first-order valence-electron chi connectivity index (χ1n) is 6.51. The molecule has 0 radical (unpaired) electrons. The summed E-state index contributed by atoms with van der Waals surface area (Å²) in [5.74, 6) is 0.762. The average Bonchev–Trinajstić information content (AvgIpc) is 2.95. The van der Waals surface area contributed by atoms with E-state index >= 15 is 0 Å². The molecule has 19 heavy (non-hydrogen) atoms. The van der Waals surface area contributed by atoms with Crippen molar-refractivity contribution in [1.29, 1.82) is 0 Å². The van der Waals surface area contributed by atoms with E-state index in [0.29, 0.717) is 6.61 Å². The summed E-state index contributed by atoms with van der Waals surface area (Å²) < 4.78 is 13.1. The molecule has 3 heterocycles. The van der Waals surface area contributed by atoms with Crippen LogP contribution in [0.4, 0.5) is 0 Å². The lowest BCUT2D eigenvalue weighted by atomic mass is 10.2. The number of nitrogens with zero attached hydrogens (tertiary/aromatic N) is 4. The lowest BCUT2D eigenvalue weighted by molar-refractivity contribution is -0.0300. The van der Waals surface area contributed by atoms with E-state index < -0.39 is 0 Å². The highest BCUT2D eigenvalue weighted by Gasteiger charge is 2.28. The first-order chi connectivity index (χ1) is 9.19. The number of fused-ring (bicyclic) bond motifs is 1. The minimum absolute atomic E-state index is 0.00106. The van der Waals surface area contributed by atoms with Crippen LogP contribution in [0.15, 0.2) is 6.33 Å². The molecule has 2 aromatic heterocycles. The Bertz CT molecular complexity index is 596. The van der Waals surface area contributed by atoms with Gasteiger partial charge in [-0.1, -0.05) is 0 Å². The summed E-state index contributed by atoms with van der Waals surface area (Å²) in [4.78, 5) is 13.2. The highest BCUT2D eigenvalue weighted by Crippen LogP contribution is 2.30. The molecule has 102 valence electrons. The van der Waals surface area contributed by atoms with Crippen LogP contribution >= 0.6 is 0 Å². The number of rotatable bonds is 3. The molecule has 0 amide bonds. The summed E-state index contributed by atoms with van der Waals surface area (Å²) in [6.07, 6.45) is 3.92. The third kappa shape index (κ3) is 2.21. The fourth-order valence-electron chi connectivity index (χ4n) is 2.61. The Labute approximate surface area is 111 Å². The molecule has 1 saturated heterocycles. The molecule has 0 bridgehead atoms. The van der Waals surface area contributed by atoms with Gasteiger partial charge < -0.3 is 9.47 Å². The van der Waals surface area contributed by atoms with Crippen LogP contribution in [0.5, 0.6) is 0 Å². The molecule has 0 spiro atoms. The zero-order chi connectivity index (χ0) is 13.4. The Morgan fingerprint density at radius 2 is 2.21 bits per heavy atom. The maximum absolute atomic E-state index is 5.97. The molecule has 1 fully saturated rings. The predicted molar refractivity (Wildman–Crippen MR) is 69.8 cm³/mol. The van der Waals surface area contributed by atoms with Crippen molar-refractivity contribution >= 4 is 11.2 Å². The van der Waals surface area contributed by atoms with E-state index in [0.717, 1.165) is 35.5 Å². The third-order valence-corrected chi connectivity index (χ3v) is 3.46. The van der Waals surface area contributed by atoms with E-state index in [1.54, 1.807) is 13.4 Å². The standard InChI is InChI=1S/C13H18N4O2/c1-8-12-13(16-9(2)15-8)17(7-14-12)11-5-4-10(19-11)6-18-3/h7,10-11H,4-6H2,1-3H3. The van der Waals surface area contributed by atoms with E-state index in [9.17, 15) is 0 Å². The van der Waals surface area contributed by atoms with Gasteiger partial charge in [-0.2, -0.15) is 0 Å². The predicted octanol–water partition coefficient (Wildman–Crippen LogP) is 1.77. The van der Waals surface area contributed by atoms with Crippen molar-refractivity contribution in [1.82, 2.24) is 19.5 Å². The van der Waals surface area contributed by atoms with Crippen LogP contribution in [0.3, 0.4) is 0 Å². The van der Waals surface area contributed by atoms with E-state index in [2.05, 4.69) is 15.0 Å². The molecule has 6 nitrogen and oxygen atoms in total. The highest BCUT2D eigenvalue weighted by atomic mass is 16.5. The number of ether oxygens (including phenoxy) is 2. The molecular weight excluding hydrogens is 244 g/mol. The minimum atomic E-state index is -0.00106. The number of imidazole rings is 1. The summed E-state index contributed by atoms with van der Waals surface area (Å²) in [5.41, 5.74) is 2.62. The molecule has 2 atom stereocenters. The van der Waals surface area contributed by atoms with Crippen molar-refractivity contribution in [2.45, 2.75) is 39.0 Å². The smallest absolute Gasteiger partial charge is 0.165 e. The maximum Gasteiger partial charge on any atom is 0.165 e. The van der Waals surface area contributed by atoms with Crippen LogP contribution < -0.4 is 0 Å². The van der Waals surface area contributed by atoms with Gasteiger partial charge >= 0.3 is 0 Å². The Hall–Kier alpha value is -1.53. The van der Waals surface area contributed by atoms with Gasteiger partial charge in [-0.05, 0) is 26.7 Å². The van der Waals surface area contributed by atoms with Gasteiger partial charge in [-0.25, -0.2) is 15.0 Å². The second kappa shape index (κ2) is 4.86. The zero-order valence-corrected chi connectivity index (χ0v) is 11.5. The molecule has 6 heteroatoms. The van der Waals surface area contributed by atoms with E-state index in [-0.39, 0.29) is 12.3 Å². The van der Waals surface area contributed by atoms with Gasteiger partial charge in [0.05, 0.1) is 24.7 Å². The van der Waals surface area contributed by atoms with Crippen LogP contribution in [-0.4, -0.2) is 39.3 Å². The fourth-order valence-corrected chi connectivity index (χ4v) is 2.61. The number of aryl methyl sites for hydroxylation is 2. The van der Waals surface area contributed by atoms with Crippen molar-refractivity contribution in [3.63, 3.8) is 0 Å². The van der Waals surface area contributed by atoms with Crippen LogP contribution in [0.25, 0.3) is 11.2 Å². The van der Waals surface area contributed by atoms with Crippen LogP contribution in [0, 0.1) is 13.8 Å². The van der Waals surface area contributed by atoms with Crippen LogP contribution in [0.2, 0.25) is 0 Å². The molecule has 0 N–H and O–H groups in total. The van der Waals surface area contributed by atoms with Gasteiger partial charge in [0, 0.05) is 7.11 Å². The molecule has 0 aliphatic carbocycles. The normalized spacial score (nSPS) is 23.3. The summed E-state index contributed by atoms with van der Waals surface area (Å²) in [5, 5.41) is 0. The summed E-state index contributed by atoms with van der Waals surface area (Å²) in [7, 11) is 1.70. The lowest BCUT2D eigenvalue weighted by Crippen LogP contribution is -2.15. The SMILES string of the molecule is COCC1CCC(n2cnc3c(C)nc(C)nc32)O1. The van der Waals surface area contributed by atoms with Gasteiger partial charge in [-0.3, -0.25) is 4.57 Å². The molecular formula is C13H18N4O2. The molecule has 3 rings (SSSR count). The monoisotopic (exact) mass is 262 g/mol. The quantitative estimate of drug-likeness (QED) is 0.843. The van der Waals surface area contributed by atoms with Crippen molar-refractivity contribution in [3.8, 4) is 0 Å². The average molecular weight is 262 g/mol. The number of aromatic nitrogens is 4. The summed E-state index contributed by atoms with van der Waals surface area (Å²) >= 11 is 0. The summed E-state index contributed by atoms with van der Waals surface area (Å²) in [6, 6.07) is 0. The number of hydrogen-bond acceptors (Lipinski definition) is 5. The molecule has 2 unspecified atom stereocenters. The molecule has 0 aromatic carbocycles. The summed E-state index contributed by atoms with van der Waals surface area (Å²) in [6.45, 7) is 4.49. The lowest BCUT2D eigenvalue weighted by Gasteiger charge is -2.14. The van der Waals surface area contributed by atoms with Gasteiger partial charge in [0.15, 0.2) is 5.65 Å². The van der Waals surface area contributed by atoms with Crippen molar-refractivity contribution in [2.24, 2.45) is 0 Å². The third-order valence-electron chi connectivity index (χ3n) is 3.46. The molecule has 1 aliphatic heterocycles. The molecule has 0 saturated carbocycles. The molecule has 2 aromatic rings. The Morgan fingerprint density at radius 1 is 1.37 bits per heavy atom. The van der Waals surface area contributed by atoms with E-state index in [1.807, 2.05) is 18.4 Å². The van der Waals surface area contributed by atoms with Crippen LogP contribution in [0.1, 0.15) is 30.6 Å². The van der Waals surface area contributed by atoms with Crippen LogP contribution in [-0.2, 0) is 9.47 Å². The first-order valence-corrected chi connectivity index (χ1v) is 6.51. The van der Waals surface area contributed by atoms with Gasteiger partial charge in [0.25, 0.3) is 0 Å².